The van der Waals surface area contributed by atoms with Crippen LogP contribution in [0.4, 0.5) is 0 Å². The summed E-state index contributed by atoms with van der Waals surface area (Å²) in [7, 11) is 0. The molecule has 0 radical (unpaired) electrons. The monoisotopic (exact) mass is 256 g/mol. The first-order valence-corrected chi connectivity index (χ1v) is 7.84. The zero-order valence-corrected chi connectivity index (χ0v) is 12.6. The van der Waals surface area contributed by atoms with E-state index in [-0.39, 0.29) is 0 Å². The second-order valence-electron chi connectivity index (χ2n) is 5.46. The summed E-state index contributed by atoms with van der Waals surface area (Å²) >= 11 is 0. The van der Waals surface area contributed by atoms with Gasteiger partial charge in [0.15, 0.2) is 0 Å². The molecule has 0 amide bonds. The van der Waals surface area contributed by atoms with Crippen molar-refractivity contribution in [1.29, 1.82) is 0 Å². The molecule has 1 aliphatic rings. The topological polar surface area (TPSA) is 24.5 Å². The molecule has 2 atom stereocenters. The number of nitrogens with one attached hydrogen (secondary N) is 1. The maximum atomic E-state index is 5.80. The number of likely N-dealkylation sites (N-methyl/N-ethyl adjacent to an activating group) is 1. The maximum Gasteiger partial charge on any atom is 0.0826 e. The molecule has 0 aliphatic carbocycles. The summed E-state index contributed by atoms with van der Waals surface area (Å²) in [5.74, 6) is 0.843. The van der Waals surface area contributed by atoms with Crippen molar-refractivity contribution >= 4 is 0 Å². The van der Waals surface area contributed by atoms with Gasteiger partial charge in [0.1, 0.15) is 0 Å². The van der Waals surface area contributed by atoms with Crippen LogP contribution in [0.25, 0.3) is 0 Å². The highest BCUT2D eigenvalue weighted by Gasteiger charge is 2.18. The Labute approximate surface area is 113 Å². The lowest BCUT2D eigenvalue weighted by atomic mass is 9.99. The number of morpholine rings is 1. The zero-order valence-electron chi connectivity index (χ0n) is 12.6. The van der Waals surface area contributed by atoms with E-state index in [1.54, 1.807) is 0 Å². The van der Waals surface area contributed by atoms with Crippen LogP contribution in [0.3, 0.4) is 0 Å². The predicted octanol–water partition coefficient (Wildman–Crippen LogP) is 2.51. The van der Waals surface area contributed by atoms with Crippen LogP contribution in [-0.2, 0) is 4.74 Å². The molecule has 0 aromatic heterocycles. The van der Waals surface area contributed by atoms with E-state index in [1.807, 2.05) is 0 Å². The first-order valence-electron chi connectivity index (χ1n) is 7.84. The Balaban J connectivity index is 2.11. The molecule has 3 heteroatoms. The minimum atomic E-state index is 0.391. The van der Waals surface area contributed by atoms with Gasteiger partial charge in [0, 0.05) is 19.6 Å². The summed E-state index contributed by atoms with van der Waals surface area (Å²) in [5.41, 5.74) is 0. The molecule has 0 bridgehead atoms. The fourth-order valence-electron chi connectivity index (χ4n) is 2.58. The van der Waals surface area contributed by atoms with Gasteiger partial charge in [-0.2, -0.15) is 0 Å². The molecule has 0 saturated carbocycles. The highest BCUT2D eigenvalue weighted by molar-refractivity contribution is 4.73. The second-order valence-corrected chi connectivity index (χ2v) is 5.46. The van der Waals surface area contributed by atoms with E-state index in [0.717, 1.165) is 45.2 Å². The quantitative estimate of drug-likeness (QED) is 0.686. The number of rotatable bonds is 9. The van der Waals surface area contributed by atoms with E-state index in [0.29, 0.717) is 6.10 Å². The Morgan fingerprint density at radius 2 is 2.17 bits per heavy atom. The van der Waals surface area contributed by atoms with E-state index in [2.05, 4.69) is 31.0 Å². The van der Waals surface area contributed by atoms with Gasteiger partial charge in [0.05, 0.1) is 12.7 Å². The third-order valence-electron chi connectivity index (χ3n) is 4.02. The molecule has 1 fully saturated rings. The molecular weight excluding hydrogens is 224 g/mol. The van der Waals surface area contributed by atoms with Crippen molar-refractivity contribution in [3.8, 4) is 0 Å². The van der Waals surface area contributed by atoms with E-state index >= 15 is 0 Å². The highest BCUT2D eigenvalue weighted by Crippen LogP contribution is 2.11. The van der Waals surface area contributed by atoms with Crippen LogP contribution < -0.4 is 5.32 Å². The molecule has 0 aromatic carbocycles. The van der Waals surface area contributed by atoms with Crippen molar-refractivity contribution in [3.05, 3.63) is 0 Å². The fraction of sp³-hybridized carbons (Fsp3) is 1.00. The van der Waals surface area contributed by atoms with Crippen LogP contribution in [0.1, 0.15) is 46.5 Å². The molecular formula is C15H32N2O. The number of nitrogens with zero attached hydrogens (tertiary/aromatic N) is 1. The summed E-state index contributed by atoms with van der Waals surface area (Å²) < 4.78 is 5.80. The molecule has 1 N–H and O–H groups in total. The zero-order chi connectivity index (χ0) is 13.2. The summed E-state index contributed by atoms with van der Waals surface area (Å²) in [6.07, 6.45) is 5.73. The Hall–Kier alpha value is -0.120. The average Bonchev–Trinajstić information content (AvgIpc) is 2.43. The summed E-state index contributed by atoms with van der Waals surface area (Å²) in [6, 6.07) is 0. The Kier molecular flexibility index (Phi) is 8.64. The largest absolute Gasteiger partial charge is 0.374 e. The van der Waals surface area contributed by atoms with Gasteiger partial charge in [-0.05, 0) is 25.4 Å². The van der Waals surface area contributed by atoms with Gasteiger partial charge < -0.3 is 10.1 Å². The molecule has 0 spiro atoms. The fourth-order valence-corrected chi connectivity index (χ4v) is 2.58. The Morgan fingerprint density at radius 3 is 2.83 bits per heavy atom. The molecule has 108 valence electrons. The molecule has 1 saturated heterocycles. The Morgan fingerprint density at radius 1 is 1.33 bits per heavy atom. The van der Waals surface area contributed by atoms with Crippen molar-refractivity contribution in [2.24, 2.45) is 5.92 Å². The smallest absolute Gasteiger partial charge is 0.0826 e. The lowest BCUT2D eigenvalue weighted by molar-refractivity contribution is -0.0255. The molecule has 3 nitrogen and oxygen atoms in total. The van der Waals surface area contributed by atoms with Crippen molar-refractivity contribution < 1.29 is 4.74 Å². The van der Waals surface area contributed by atoms with Gasteiger partial charge >= 0.3 is 0 Å². The van der Waals surface area contributed by atoms with Gasteiger partial charge in [-0.1, -0.05) is 40.0 Å². The molecule has 2 unspecified atom stereocenters. The van der Waals surface area contributed by atoms with Gasteiger partial charge in [-0.25, -0.2) is 0 Å². The van der Waals surface area contributed by atoms with Crippen LogP contribution in [0.5, 0.6) is 0 Å². The first kappa shape index (κ1) is 15.9. The van der Waals surface area contributed by atoms with E-state index < -0.39 is 0 Å². The number of ether oxygens (including phenoxy) is 1. The second kappa shape index (κ2) is 9.76. The molecule has 1 heterocycles. The van der Waals surface area contributed by atoms with E-state index in [4.69, 9.17) is 4.74 Å². The molecule has 1 aliphatic heterocycles. The maximum absolute atomic E-state index is 5.80. The summed E-state index contributed by atoms with van der Waals surface area (Å²) in [5, 5.41) is 3.61. The van der Waals surface area contributed by atoms with Crippen LogP contribution in [-0.4, -0.2) is 50.3 Å². The SMILES string of the molecule is CCCCC(CC)CNCC1CN(CC)CCO1. The summed E-state index contributed by atoms with van der Waals surface area (Å²) in [6.45, 7) is 13.2. The molecule has 1 rings (SSSR count). The third-order valence-corrected chi connectivity index (χ3v) is 4.02. The van der Waals surface area contributed by atoms with Crippen molar-refractivity contribution in [1.82, 2.24) is 10.2 Å². The lowest BCUT2D eigenvalue weighted by Crippen LogP contribution is -2.46. The number of hydrogen-bond donors (Lipinski definition) is 1. The van der Waals surface area contributed by atoms with Crippen LogP contribution in [0.15, 0.2) is 0 Å². The van der Waals surface area contributed by atoms with Crippen molar-refractivity contribution in [2.45, 2.75) is 52.6 Å². The van der Waals surface area contributed by atoms with Gasteiger partial charge in [0.25, 0.3) is 0 Å². The minimum absolute atomic E-state index is 0.391. The van der Waals surface area contributed by atoms with Crippen LogP contribution in [0.2, 0.25) is 0 Å². The van der Waals surface area contributed by atoms with E-state index in [1.165, 1.54) is 25.7 Å². The minimum Gasteiger partial charge on any atom is -0.374 e. The standard InChI is InChI=1S/C15H32N2O/c1-4-7-8-14(5-2)11-16-12-15-13-17(6-3)9-10-18-15/h14-16H,4-13H2,1-3H3. The summed E-state index contributed by atoms with van der Waals surface area (Å²) in [4.78, 5) is 2.48. The van der Waals surface area contributed by atoms with Gasteiger partial charge in [0.2, 0.25) is 0 Å². The average molecular weight is 256 g/mol. The predicted molar refractivity (Wildman–Crippen MR) is 78.0 cm³/mol. The van der Waals surface area contributed by atoms with Gasteiger partial charge in [-0.3, -0.25) is 4.90 Å². The molecule has 0 aromatic rings. The van der Waals surface area contributed by atoms with Gasteiger partial charge in [-0.15, -0.1) is 0 Å². The lowest BCUT2D eigenvalue weighted by Gasteiger charge is -2.32. The third kappa shape index (κ3) is 6.17. The Bertz CT molecular complexity index is 199. The van der Waals surface area contributed by atoms with E-state index in [9.17, 15) is 0 Å². The van der Waals surface area contributed by atoms with Crippen LogP contribution in [0, 0.1) is 5.92 Å². The van der Waals surface area contributed by atoms with Crippen molar-refractivity contribution in [3.63, 3.8) is 0 Å². The highest BCUT2D eigenvalue weighted by atomic mass is 16.5. The molecule has 18 heavy (non-hydrogen) atoms. The first-order chi connectivity index (χ1) is 8.80. The van der Waals surface area contributed by atoms with Crippen LogP contribution >= 0.6 is 0 Å². The normalized spacial score (nSPS) is 23.2. The number of hydrogen-bond acceptors (Lipinski definition) is 3. The number of unbranched alkanes of at least 4 members (excludes halogenated alkanes) is 1. The van der Waals surface area contributed by atoms with Crippen molar-refractivity contribution in [2.75, 3.05) is 39.3 Å².